The molecule has 1 aromatic heterocycles. The minimum Gasteiger partial charge on any atom is -0.388 e. The van der Waals surface area contributed by atoms with E-state index in [1.54, 1.807) is 0 Å². The van der Waals surface area contributed by atoms with E-state index >= 15 is 0 Å². The van der Waals surface area contributed by atoms with Gasteiger partial charge in [-0.25, -0.2) is 8.78 Å². The number of halogens is 2. The number of aliphatic hydroxyl groups is 1. The highest BCUT2D eigenvalue weighted by Gasteiger charge is 2.22. The highest BCUT2D eigenvalue weighted by molar-refractivity contribution is 6.11. The number of hydrogen-bond acceptors (Lipinski definition) is 5. The molecular formula is C20H20F2N4O2. The summed E-state index contributed by atoms with van der Waals surface area (Å²) in [4.78, 5) is 14.9. The van der Waals surface area contributed by atoms with E-state index in [0.29, 0.717) is 18.8 Å². The van der Waals surface area contributed by atoms with E-state index in [0.717, 1.165) is 6.07 Å². The lowest BCUT2D eigenvalue weighted by Gasteiger charge is -2.15. The van der Waals surface area contributed by atoms with Crippen molar-refractivity contribution in [1.29, 1.82) is 0 Å². The van der Waals surface area contributed by atoms with E-state index in [2.05, 4.69) is 10.2 Å². The van der Waals surface area contributed by atoms with Crippen LogP contribution in [0.15, 0.2) is 42.5 Å². The zero-order valence-electron chi connectivity index (χ0n) is 15.6. The van der Waals surface area contributed by atoms with Crippen molar-refractivity contribution in [3.8, 4) is 5.69 Å². The molecule has 1 N–H and O–H groups in total. The zero-order valence-corrected chi connectivity index (χ0v) is 15.6. The molecule has 1 heterocycles. The minimum atomic E-state index is -0.693. The number of hydrogen-bond donors (Lipinski definition) is 1. The van der Waals surface area contributed by atoms with Crippen molar-refractivity contribution in [3.05, 3.63) is 76.9 Å². The van der Waals surface area contributed by atoms with Crippen molar-refractivity contribution in [2.24, 2.45) is 0 Å². The molecule has 0 aliphatic rings. The molecule has 0 unspecified atom stereocenters. The van der Waals surface area contributed by atoms with Gasteiger partial charge in [-0.1, -0.05) is 12.1 Å². The number of carbonyl (C=O) groups is 1. The number of nitrogens with zero attached hydrogens (tertiary/aromatic N) is 4. The van der Waals surface area contributed by atoms with Gasteiger partial charge >= 0.3 is 0 Å². The lowest BCUT2D eigenvalue weighted by Crippen LogP contribution is -2.19. The van der Waals surface area contributed by atoms with E-state index in [9.17, 15) is 18.7 Å². The van der Waals surface area contributed by atoms with Gasteiger partial charge in [-0.3, -0.25) is 9.36 Å². The third-order valence-electron chi connectivity index (χ3n) is 4.28. The monoisotopic (exact) mass is 386 g/mol. The Kier molecular flexibility index (Phi) is 5.91. The Morgan fingerprint density at radius 2 is 1.79 bits per heavy atom. The van der Waals surface area contributed by atoms with Crippen molar-refractivity contribution >= 4 is 5.78 Å². The molecule has 0 bridgehead atoms. The second-order valence-electron chi connectivity index (χ2n) is 6.55. The molecular weight excluding hydrogens is 366 g/mol. The number of aromatic nitrogens is 3. The highest BCUT2D eigenvalue weighted by atomic mass is 19.1. The molecule has 0 saturated carbocycles. The third kappa shape index (κ3) is 3.97. The van der Waals surface area contributed by atoms with Gasteiger partial charge in [0.15, 0.2) is 11.6 Å². The largest absolute Gasteiger partial charge is 0.388 e. The van der Waals surface area contributed by atoms with E-state index in [1.807, 2.05) is 19.0 Å². The van der Waals surface area contributed by atoms with Gasteiger partial charge in [-0.15, -0.1) is 10.2 Å². The summed E-state index contributed by atoms with van der Waals surface area (Å²) >= 11 is 0. The maximum absolute atomic E-state index is 14.1. The lowest BCUT2D eigenvalue weighted by molar-refractivity contribution is 0.103. The summed E-state index contributed by atoms with van der Waals surface area (Å²) in [5, 5.41) is 17.7. The molecule has 0 fully saturated rings. The molecule has 0 spiro atoms. The van der Waals surface area contributed by atoms with Crippen molar-refractivity contribution in [2.75, 3.05) is 20.6 Å². The maximum atomic E-state index is 14.1. The van der Waals surface area contributed by atoms with E-state index in [1.165, 1.54) is 41.0 Å². The molecule has 6 nitrogen and oxygen atoms in total. The summed E-state index contributed by atoms with van der Waals surface area (Å²) in [5.74, 6) is -1.27. The van der Waals surface area contributed by atoms with Crippen LogP contribution in [0.1, 0.15) is 27.6 Å². The summed E-state index contributed by atoms with van der Waals surface area (Å²) in [6, 6.07) is 9.19. The van der Waals surface area contributed by atoms with Crippen LogP contribution in [-0.4, -0.2) is 51.2 Å². The van der Waals surface area contributed by atoms with Gasteiger partial charge in [0.2, 0.25) is 0 Å². The van der Waals surface area contributed by atoms with Crippen molar-refractivity contribution in [3.63, 3.8) is 0 Å². The van der Waals surface area contributed by atoms with E-state index in [-0.39, 0.29) is 22.6 Å². The number of carbonyl (C=O) groups excluding carboxylic acids is 1. The van der Waals surface area contributed by atoms with Crippen LogP contribution in [0.2, 0.25) is 0 Å². The Bertz CT molecular complexity index is 1000. The topological polar surface area (TPSA) is 71.2 Å². The van der Waals surface area contributed by atoms with Gasteiger partial charge in [0.1, 0.15) is 24.1 Å². The predicted molar refractivity (Wildman–Crippen MR) is 99.3 cm³/mol. The number of rotatable bonds is 7. The molecule has 3 aromatic rings. The van der Waals surface area contributed by atoms with Crippen molar-refractivity contribution in [1.82, 2.24) is 19.7 Å². The fourth-order valence-electron chi connectivity index (χ4n) is 2.90. The number of benzene rings is 2. The minimum absolute atomic E-state index is 0.0364. The first-order valence-corrected chi connectivity index (χ1v) is 8.70. The second kappa shape index (κ2) is 8.37. The molecule has 0 aliphatic carbocycles. The molecule has 0 aliphatic heterocycles. The maximum Gasteiger partial charge on any atom is 0.198 e. The van der Waals surface area contributed by atoms with Crippen LogP contribution >= 0.6 is 0 Å². The zero-order chi connectivity index (χ0) is 20.3. The first kappa shape index (κ1) is 19.8. The average Bonchev–Trinajstić information content (AvgIpc) is 3.09. The van der Waals surface area contributed by atoms with Gasteiger partial charge in [0.25, 0.3) is 0 Å². The molecule has 0 atom stereocenters. The van der Waals surface area contributed by atoms with Crippen LogP contribution in [0, 0.1) is 11.6 Å². The molecule has 8 heteroatoms. The van der Waals surface area contributed by atoms with Gasteiger partial charge in [0, 0.05) is 18.5 Å². The highest BCUT2D eigenvalue weighted by Crippen LogP contribution is 2.24. The summed E-state index contributed by atoms with van der Waals surface area (Å²) < 4.78 is 29.6. The first-order valence-electron chi connectivity index (χ1n) is 8.70. The van der Waals surface area contributed by atoms with Crippen molar-refractivity contribution < 1.29 is 18.7 Å². The van der Waals surface area contributed by atoms with Gasteiger partial charge in [-0.05, 0) is 44.4 Å². The first-order chi connectivity index (χ1) is 13.4. The quantitative estimate of drug-likeness (QED) is 0.632. The Morgan fingerprint density at radius 3 is 2.46 bits per heavy atom. The van der Waals surface area contributed by atoms with Crippen LogP contribution in [0.4, 0.5) is 8.78 Å². The molecule has 0 saturated heterocycles. The second-order valence-corrected chi connectivity index (χ2v) is 6.55. The van der Waals surface area contributed by atoms with Crippen LogP contribution in [0.25, 0.3) is 5.69 Å². The molecule has 2 aromatic carbocycles. The van der Waals surface area contributed by atoms with Crippen LogP contribution < -0.4 is 0 Å². The van der Waals surface area contributed by atoms with Crippen LogP contribution in [0.3, 0.4) is 0 Å². The smallest absolute Gasteiger partial charge is 0.198 e. The fourth-order valence-corrected chi connectivity index (χ4v) is 2.90. The standard InChI is InChI=1S/C20H20F2N4O2/c1-25(2)10-9-18-23-24-19(12-27)26(18)17-8-7-13(21)11-15(17)20(28)14-5-3-4-6-16(14)22/h3-8,11,27H,9-10,12H2,1-2H3. The number of likely N-dealkylation sites (N-methyl/N-ethyl adjacent to an activating group) is 1. The normalized spacial score (nSPS) is 11.2. The lowest BCUT2D eigenvalue weighted by atomic mass is 10.0. The van der Waals surface area contributed by atoms with Gasteiger partial charge in [0.05, 0.1) is 11.3 Å². The van der Waals surface area contributed by atoms with Crippen LogP contribution in [-0.2, 0) is 13.0 Å². The number of ketones is 1. The Labute approximate surface area is 161 Å². The Balaban J connectivity index is 2.15. The summed E-state index contributed by atoms with van der Waals surface area (Å²) in [6.45, 7) is 0.237. The molecule has 3 rings (SSSR count). The Morgan fingerprint density at radius 1 is 1.07 bits per heavy atom. The summed E-state index contributed by atoms with van der Waals surface area (Å²) in [5.41, 5.74) is 0.0889. The fraction of sp³-hybridized carbons (Fsp3) is 0.250. The summed E-state index contributed by atoms with van der Waals surface area (Å²) in [7, 11) is 3.80. The average molecular weight is 386 g/mol. The molecule has 0 amide bonds. The van der Waals surface area contributed by atoms with Gasteiger partial charge < -0.3 is 10.0 Å². The van der Waals surface area contributed by atoms with Crippen LogP contribution in [0.5, 0.6) is 0 Å². The molecule has 28 heavy (non-hydrogen) atoms. The predicted octanol–water partition coefficient (Wildman–Crippen LogP) is 2.37. The number of aliphatic hydroxyl groups excluding tert-OH is 1. The van der Waals surface area contributed by atoms with E-state index in [4.69, 9.17) is 0 Å². The SMILES string of the molecule is CN(C)CCc1nnc(CO)n1-c1ccc(F)cc1C(=O)c1ccccc1F. The van der Waals surface area contributed by atoms with E-state index < -0.39 is 24.0 Å². The third-order valence-corrected chi connectivity index (χ3v) is 4.28. The van der Waals surface area contributed by atoms with Gasteiger partial charge in [-0.2, -0.15) is 0 Å². The Hall–Kier alpha value is -2.97. The summed E-state index contributed by atoms with van der Waals surface area (Å²) in [6.07, 6.45) is 0.491. The molecule has 146 valence electrons. The molecule has 0 radical (unpaired) electrons. The van der Waals surface area contributed by atoms with Crippen molar-refractivity contribution in [2.45, 2.75) is 13.0 Å².